The summed E-state index contributed by atoms with van der Waals surface area (Å²) in [5.41, 5.74) is 1.21. The van der Waals surface area contributed by atoms with E-state index >= 15 is 0 Å². The zero-order valence-corrected chi connectivity index (χ0v) is 11.3. The van der Waals surface area contributed by atoms with E-state index in [1.165, 1.54) is 12.8 Å². The number of hydrogen-bond donors (Lipinski definition) is 1. The molecule has 1 aromatic carbocycles. The number of carbonyl (C=O) groups excluding carboxylic acids is 1. The van der Waals surface area contributed by atoms with Crippen LogP contribution in [0.25, 0.3) is 0 Å². The van der Waals surface area contributed by atoms with Gasteiger partial charge in [0.15, 0.2) is 0 Å². The minimum absolute atomic E-state index is 0.184. The summed E-state index contributed by atoms with van der Waals surface area (Å²) in [6.07, 6.45) is 2.14. The molecule has 1 atom stereocenters. The predicted molar refractivity (Wildman–Crippen MR) is 72.8 cm³/mol. The van der Waals surface area contributed by atoms with E-state index in [0.717, 1.165) is 18.7 Å². The van der Waals surface area contributed by atoms with Gasteiger partial charge in [0.05, 0.1) is 0 Å². The Morgan fingerprint density at radius 3 is 2.84 bits per heavy atom. The van der Waals surface area contributed by atoms with Crippen LogP contribution >= 0.6 is 0 Å². The molecule has 19 heavy (non-hydrogen) atoms. The van der Waals surface area contributed by atoms with Crippen LogP contribution in [0.15, 0.2) is 30.3 Å². The third-order valence-electron chi connectivity index (χ3n) is 3.86. The van der Waals surface area contributed by atoms with Crippen molar-refractivity contribution in [2.24, 2.45) is 0 Å². The van der Waals surface area contributed by atoms with Gasteiger partial charge in [-0.2, -0.15) is 0 Å². The maximum Gasteiger partial charge on any atom is 0.410 e. The molecule has 1 aliphatic heterocycles. The predicted octanol–water partition coefficient (Wildman–Crippen LogP) is 2.15. The highest BCUT2D eigenvalue weighted by molar-refractivity contribution is 5.68. The van der Waals surface area contributed by atoms with Gasteiger partial charge in [-0.1, -0.05) is 30.3 Å². The minimum Gasteiger partial charge on any atom is -0.445 e. The molecule has 4 nitrogen and oxygen atoms in total. The van der Waals surface area contributed by atoms with Crippen molar-refractivity contribution in [2.45, 2.75) is 38.0 Å². The molecular formula is C15H20N2O2. The molecule has 1 aromatic rings. The maximum absolute atomic E-state index is 12.1. The summed E-state index contributed by atoms with van der Waals surface area (Å²) >= 11 is 0. The van der Waals surface area contributed by atoms with E-state index < -0.39 is 0 Å². The van der Waals surface area contributed by atoms with Crippen LogP contribution in [-0.2, 0) is 11.3 Å². The second-order valence-corrected chi connectivity index (χ2v) is 5.75. The molecule has 0 radical (unpaired) electrons. The minimum atomic E-state index is -0.191. The fourth-order valence-corrected chi connectivity index (χ4v) is 2.78. The number of hydrogen-bond acceptors (Lipinski definition) is 3. The Morgan fingerprint density at radius 2 is 2.16 bits per heavy atom. The van der Waals surface area contributed by atoms with Crippen molar-refractivity contribution in [3.8, 4) is 0 Å². The fourth-order valence-electron chi connectivity index (χ4n) is 2.78. The van der Waals surface area contributed by atoms with Crippen molar-refractivity contribution in [1.82, 2.24) is 10.2 Å². The SMILES string of the molecule is C[C@@H]1CN(C(=O)OCc2ccccc2)CC2(CC2)N1. The summed E-state index contributed by atoms with van der Waals surface area (Å²) in [4.78, 5) is 14.0. The number of benzene rings is 1. The second kappa shape index (κ2) is 4.85. The quantitative estimate of drug-likeness (QED) is 0.886. The van der Waals surface area contributed by atoms with E-state index in [2.05, 4.69) is 12.2 Å². The van der Waals surface area contributed by atoms with E-state index in [0.29, 0.717) is 12.6 Å². The molecule has 0 bridgehead atoms. The average molecular weight is 260 g/mol. The first-order valence-electron chi connectivity index (χ1n) is 6.90. The molecule has 2 fully saturated rings. The summed E-state index contributed by atoms with van der Waals surface area (Å²) in [5, 5.41) is 3.58. The van der Waals surface area contributed by atoms with Crippen LogP contribution in [0.4, 0.5) is 4.79 Å². The van der Waals surface area contributed by atoms with Crippen LogP contribution in [-0.4, -0.2) is 35.7 Å². The van der Waals surface area contributed by atoms with Gasteiger partial charge < -0.3 is 15.0 Å². The molecule has 3 rings (SSSR count). The van der Waals surface area contributed by atoms with Gasteiger partial charge in [-0.3, -0.25) is 0 Å². The highest BCUT2D eigenvalue weighted by Crippen LogP contribution is 2.38. The Kier molecular flexibility index (Phi) is 3.19. The van der Waals surface area contributed by atoms with Crippen molar-refractivity contribution >= 4 is 6.09 Å². The Labute approximate surface area is 113 Å². The highest BCUT2D eigenvalue weighted by Gasteiger charge is 2.48. The number of piperazine rings is 1. The van der Waals surface area contributed by atoms with Crippen LogP contribution in [0, 0.1) is 0 Å². The molecule has 0 unspecified atom stereocenters. The molecule has 1 heterocycles. The Hall–Kier alpha value is -1.55. The molecule has 1 amide bonds. The first kappa shape index (κ1) is 12.5. The van der Waals surface area contributed by atoms with Gasteiger partial charge >= 0.3 is 6.09 Å². The summed E-state index contributed by atoms with van der Waals surface area (Å²) in [6.45, 7) is 3.99. The van der Waals surface area contributed by atoms with E-state index in [1.807, 2.05) is 35.2 Å². The molecule has 0 aromatic heterocycles. The number of amides is 1. The molecule has 1 aliphatic carbocycles. The molecule has 1 saturated heterocycles. The average Bonchev–Trinajstić information content (AvgIpc) is 3.15. The van der Waals surface area contributed by atoms with Gasteiger partial charge in [0, 0.05) is 24.7 Å². The second-order valence-electron chi connectivity index (χ2n) is 5.75. The summed E-state index contributed by atoms with van der Waals surface area (Å²) in [5.74, 6) is 0. The third-order valence-corrected chi connectivity index (χ3v) is 3.86. The van der Waals surface area contributed by atoms with Crippen LogP contribution in [0.2, 0.25) is 0 Å². The lowest BCUT2D eigenvalue weighted by atomic mass is 10.1. The normalized spacial score (nSPS) is 24.3. The number of nitrogens with zero attached hydrogens (tertiary/aromatic N) is 1. The van der Waals surface area contributed by atoms with E-state index in [1.54, 1.807) is 0 Å². The van der Waals surface area contributed by atoms with Gasteiger partial charge in [-0.15, -0.1) is 0 Å². The van der Waals surface area contributed by atoms with Gasteiger partial charge in [-0.25, -0.2) is 4.79 Å². The first-order chi connectivity index (χ1) is 9.17. The summed E-state index contributed by atoms with van der Waals surface area (Å²) < 4.78 is 5.40. The van der Waals surface area contributed by atoms with Gasteiger partial charge in [-0.05, 0) is 25.3 Å². The lowest BCUT2D eigenvalue weighted by Crippen LogP contribution is -2.58. The third kappa shape index (κ3) is 2.89. The molecular weight excluding hydrogens is 240 g/mol. The lowest BCUT2D eigenvalue weighted by Gasteiger charge is -2.37. The molecule has 1 N–H and O–H groups in total. The fraction of sp³-hybridized carbons (Fsp3) is 0.533. The zero-order valence-electron chi connectivity index (χ0n) is 11.3. The van der Waals surface area contributed by atoms with E-state index in [-0.39, 0.29) is 11.6 Å². The van der Waals surface area contributed by atoms with Crippen molar-refractivity contribution in [2.75, 3.05) is 13.1 Å². The van der Waals surface area contributed by atoms with Gasteiger partial charge in [0.2, 0.25) is 0 Å². The Balaban J connectivity index is 1.55. The van der Waals surface area contributed by atoms with Gasteiger partial charge in [0.1, 0.15) is 6.61 Å². The standard InChI is InChI=1S/C15H20N2O2/c1-12-9-17(11-15(16-12)7-8-15)14(18)19-10-13-5-3-2-4-6-13/h2-6,12,16H,7-11H2,1H3/t12-/m1/s1. The maximum atomic E-state index is 12.1. The largest absolute Gasteiger partial charge is 0.445 e. The van der Waals surface area contributed by atoms with Crippen molar-refractivity contribution in [1.29, 1.82) is 0 Å². The Morgan fingerprint density at radius 1 is 1.42 bits per heavy atom. The van der Waals surface area contributed by atoms with Crippen LogP contribution in [0.1, 0.15) is 25.3 Å². The molecule has 1 spiro atoms. The van der Waals surface area contributed by atoms with E-state index in [4.69, 9.17) is 4.74 Å². The van der Waals surface area contributed by atoms with Crippen LogP contribution in [0.3, 0.4) is 0 Å². The number of rotatable bonds is 2. The molecule has 2 aliphatic rings. The van der Waals surface area contributed by atoms with Crippen molar-refractivity contribution < 1.29 is 9.53 Å². The molecule has 1 saturated carbocycles. The molecule has 4 heteroatoms. The van der Waals surface area contributed by atoms with Crippen molar-refractivity contribution in [3.63, 3.8) is 0 Å². The highest BCUT2D eigenvalue weighted by atomic mass is 16.6. The van der Waals surface area contributed by atoms with E-state index in [9.17, 15) is 4.79 Å². The number of carbonyl (C=O) groups is 1. The van der Waals surface area contributed by atoms with Gasteiger partial charge in [0.25, 0.3) is 0 Å². The lowest BCUT2D eigenvalue weighted by molar-refractivity contribution is 0.0746. The summed E-state index contributed by atoms with van der Waals surface area (Å²) in [7, 11) is 0. The molecule has 102 valence electrons. The smallest absolute Gasteiger partial charge is 0.410 e. The number of ether oxygens (including phenoxy) is 1. The van der Waals surface area contributed by atoms with Crippen LogP contribution < -0.4 is 5.32 Å². The first-order valence-corrected chi connectivity index (χ1v) is 6.90. The number of nitrogens with one attached hydrogen (secondary N) is 1. The van der Waals surface area contributed by atoms with Crippen molar-refractivity contribution in [3.05, 3.63) is 35.9 Å². The van der Waals surface area contributed by atoms with Crippen LogP contribution in [0.5, 0.6) is 0 Å². The monoisotopic (exact) mass is 260 g/mol. The topological polar surface area (TPSA) is 41.6 Å². The zero-order chi connectivity index (χ0) is 13.3. The summed E-state index contributed by atoms with van der Waals surface area (Å²) in [6, 6.07) is 10.2. The Bertz CT molecular complexity index is 456.